The Morgan fingerprint density at radius 3 is 2.25 bits per heavy atom. The van der Waals surface area contributed by atoms with E-state index in [9.17, 15) is 19.5 Å². The fourth-order valence-corrected chi connectivity index (χ4v) is 10.1. The molecule has 296 valence electrons. The van der Waals surface area contributed by atoms with Crippen LogP contribution in [-0.4, -0.2) is 107 Å². The quantitative estimate of drug-likeness (QED) is 0.232. The number of phenolic OH excluding ortho intramolecular Hbond substituents is 1. The molecule has 12 nitrogen and oxygen atoms in total. The summed E-state index contributed by atoms with van der Waals surface area (Å²) in [7, 11) is 0. The molecule has 0 unspecified atom stereocenters. The number of piperidine rings is 4. The molecule has 1 atom stereocenters. The van der Waals surface area contributed by atoms with E-state index in [1.54, 1.807) is 18.3 Å². The number of para-hydroxylation sites is 1. The minimum Gasteiger partial charge on any atom is -0.507 e. The van der Waals surface area contributed by atoms with Gasteiger partial charge in [-0.3, -0.25) is 19.7 Å². The third-order valence-corrected chi connectivity index (χ3v) is 13.7. The topological polar surface area (TPSA) is 135 Å². The Morgan fingerprint density at radius 1 is 0.807 bits per heavy atom. The number of nitrogens with one attached hydrogen (secondary N) is 1. The van der Waals surface area contributed by atoms with E-state index in [1.807, 2.05) is 42.6 Å². The van der Waals surface area contributed by atoms with Crippen molar-refractivity contribution in [3.05, 3.63) is 96.3 Å². The van der Waals surface area contributed by atoms with Gasteiger partial charge in [0.15, 0.2) is 0 Å². The minimum absolute atomic E-state index is 0.179. The molecule has 2 aromatic carbocycles. The van der Waals surface area contributed by atoms with Crippen molar-refractivity contribution in [1.82, 2.24) is 30.3 Å². The lowest BCUT2D eigenvalue weighted by Gasteiger charge is -2.57. The normalized spacial score (nSPS) is 22.6. The maximum Gasteiger partial charge on any atom is 0.234 e. The van der Waals surface area contributed by atoms with E-state index in [4.69, 9.17) is 4.98 Å². The number of aromatic nitrogens is 3. The minimum atomic E-state index is -0.555. The number of anilines is 2. The van der Waals surface area contributed by atoms with Crippen LogP contribution in [0, 0.1) is 11.3 Å². The van der Waals surface area contributed by atoms with Gasteiger partial charge in [0, 0.05) is 69.4 Å². The highest BCUT2D eigenvalue weighted by Crippen LogP contribution is 2.46. The summed E-state index contributed by atoms with van der Waals surface area (Å²) >= 11 is 0. The molecule has 0 aliphatic carbocycles. The molecule has 5 aliphatic rings. The fraction of sp³-hybridized carbons (Fsp3) is 0.467. The SMILES string of the molecule is O=C1CC[C@H](c2ccc(N3CCC(CN4CCC5(CC4)CN(C(=O)C4(c6ccccc6)CCN(c6cnnc(-c7ccccc7O)c6)CC4)C5)CC3)nc2)C(=O)N1. The number of imide groups is 1. The van der Waals surface area contributed by atoms with Gasteiger partial charge in [0.25, 0.3) is 0 Å². The van der Waals surface area contributed by atoms with Crippen LogP contribution in [-0.2, 0) is 19.8 Å². The van der Waals surface area contributed by atoms with Gasteiger partial charge in [0.1, 0.15) is 11.6 Å². The first kappa shape index (κ1) is 37.2. The molecule has 0 bridgehead atoms. The first-order chi connectivity index (χ1) is 27.8. The van der Waals surface area contributed by atoms with Crippen LogP contribution in [0.2, 0.25) is 0 Å². The van der Waals surface area contributed by atoms with Crippen molar-refractivity contribution in [1.29, 1.82) is 0 Å². The number of carbonyl (C=O) groups is 3. The average Bonchev–Trinajstić information content (AvgIpc) is 3.24. The van der Waals surface area contributed by atoms with E-state index >= 15 is 0 Å². The van der Waals surface area contributed by atoms with Gasteiger partial charge >= 0.3 is 0 Å². The molecule has 2 N–H and O–H groups in total. The predicted molar refractivity (Wildman–Crippen MR) is 218 cm³/mol. The highest BCUT2D eigenvalue weighted by atomic mass is 16.3. The van der Waals surface area contributed by atoms with Gasteiger partial charge in [0.2, 0.25) is 17.7 Å². The number of likely N-dealkylation sites (tertiary alicyclic amines) is 2. The van der Waals surface area contributed by atoms with Crippen LogP contribution in [0.1, 0.15) is 68.4 Å². The van der Waals surface area contributed by atoms with Crippen LogP contribution in [0.3, 0.4) is 0 Å². The molecule has 9 rings (SSSR count). The molecular weight excluding hydrogens is 717 g/mol. The Bertz CT molecular complexity index is 2080. The zero-order valence-electron chi connectivity index (χ0n) is 32.6. The number of carbonyl (C=O) groups excluding carboxylic acids is 3. The second-order valence-corrected chi connectivity index (χ2v) is 17.1. The Kier molecular flexibility index (Phi) is 10.1. The number of aromatic hydroxyl groups is 1. The van der Waals surface area contributed by atoms with Crippen LogP contribution in [0.5, 0.6) is 5.75 Å². The van der Waals surface area contributed by atoms with Crippen molar-refractivity contribution in [3.63, 3.8) is 0 Å². The first-order valence-electron chi connectivity index (χ1n) is 20.8. The Hall–Kier alpha value is -5.36. The monoisotopic (exact) mass is 768 g/mol. The molecule has 5 aliphatic heterocycles. The predicted octanol–water partition coefficient (Wildman–Crippen LogP) is 5.14. The number of rotatable bonds is 8. The molecule has 7 heterocycles. The average molecular weight is 769 g/mol. The van der Waals surface area contributed by atoms with Crippen molar-refractivity contribution in [2.45, 2.75) is 62.7 Å². The number of nitrogens with zero attached hydrogens (tertiary/aromatic N) is 7. The standard InChI is InChI=1S/C45H52N8O4/c54-39-9-5-4-8-37(39)38-26-35(28-47-49-38)51-24-18-45(19-25-51,34-6-2-1-3-7-34)43(57)53-30-44(31-53)16-22-50(23-17-44)29-32-14-20-52(21-15-32)40-12-10-33(27-46-40)36-11-13-41(55)48-42(36)56/h1-10,12,26-28,32,36,54H,11,13-25,29-31H2,(H,48,55,56)/t36-/m1/s1. The fourth-order valence-electron chi connectivity index (χ4n) is 10.1. The molecule has 2 aromatic heterocycles. The third-order valence-electron chi connectivity index (χ3n) is 13.7. The molecule has 12 heteroatoms. The van der Waals surface area contributed by atoms with Crippen LogP contribution in [0.25, 0.3) is 11.3 Å². The maximum absolute atomic E-state index is 14.6. The summed E-state index contributed by atoms with van der Waals surface area (Å²) in [4.78, 5) is 52.6. The molecule has 3 amide bonds. The Morgan fingerprint density at radius 2 is 1.54 bits per heavy atom. The second-order valence-electron chi connectivity index (χ2n) is 17.1. The van der Waals surface area contributed by atoms with Gasteiger partial charge in [0.05, 0.1) is 28.9 Å². The van der Waals surface area contributed by atoms with E-state index in [-0.39, 0.29) is 34.8 Å². The summed E-state index contributed by atoms with van der Waals surface area (Å²) in [5, 5.41) is 21.4. The zero-order chi connectivity index (χ0) is 39.0. The second kappa shape index (κ2) is 15.5. The molecule has 4 aromatic rings. The van der Waals surface area contributed by atoms with Crippen molar-refractivity contribution in [3.8, 4) is 17.0 Å². The summed E-state index contributed by atoms with van der Waals surface area (Å²) in [6.07, 6.45) is 10.5. The van der Waals surface area contributed by atoms with Crippen LogP contribution in [0.15, 0.2) is 85.2 Å². The number of benzene rings is 2. The van der Waals surface area contributed by atoms with Crippen molar-refractivity contribution < 1.29 is 19.5 Å². The number of hydrogen-bond donors (Lipinski definition) is 2. The summed E-state index contributed by atoms with van der Waals surface area (Å²) in [6.45, 7) is 8.42. The highest BCUT2D eigenvalue weighted by Gasteiger charge is 2.53. The molecule has 5 saturated heterocycles. The van der Waals surface area contributed by atoms with Gasteiger partial charge < -0.3 is 24.7 Å². The van der Waals surface area contributed by atoms with Crippen molar-refractivity contribution in [2.75, 3.05) is 68.7 Å². The van der Waals surface area contributed by atoms with Gasteiger partial charge in [-0.2, -0.15) is 10.2 Å². The molecule has 0 radical (unpaired) electrons. The number of amides is 3. The van der Waals surface area contributed by atoms with Crippen LogP contribution in [0.4, 0.5) is 11.5 Å². The van der Waals surface area contributed by atoms with Gasteiger partial charge in [-0.05, 0) is 99.3 Å². The number of phenols is 1. The van der Waals surface area contributed by atoms with Crippen LogP contribution >= 0.6 is 0 Å². The molecule has 0 saturated carbocycles. The molecule has 57 heavy (non-hydrogen) atoms. The van der Waals surface area contributed by atoms with Gasteiger partial charge in [-0.15, -0.1) is 0 Å². The van der Waals surface area contributed by atoms with E-state index in [2.05, 4.69) is 59.4 Å². The van der Waals surface area contributed by atoms with Crippen molar-refractivity contribution in [2.24, 2.45) is 11.3 Å². The highest BCUT2D eigenvalue weighted by molar-refractivity contribution is 6.00. The maximum atomic E-state index is 14.6. The smallest absolute Gasteiger partial charge is 0.234 e. The lowest BCUT2D eigenvalue weighted by Crippen LogP contribution is -2.66. The van der Waals surface area contributed by atoms with Crippen molar-refractivity contribution >= 4 is 29.2 Å². The lowest BCUT2D eigenvalue weighted by molar-refractivity contribution is -0.154. The number of hydrogen-bond acceptors (Lipinski definition) is 10. The van der Waals surface area contributed by atoms with E-state index < -0.39 is 5.41 Å². The summed E-state index contributed by atoms with van der Waals surface area (Å²) in [5.41, 5.74) is 3.89. The zero-order valence-corrected chi connectivity index (χ0v) is 32.6. The van der Waals surface area contributed by atoms with Gasteiger partial charge in [-0.25, -0.2) is 4.98 Å². The largest absolute Gasteiger partial charge is 0.507 e. The first-order valence-corrected chi connectivity index (χ1v) is 20.8. The third kappa shape index (κ3) is 7.47. The Balaban J connectivity index is 0.764. The van der Waals surface area contributed by atoms with E-state index in [1.165, 1.54) is 0 Å². The lowest BCUT2D eigenvalue weighted by atomic mass is 9.67. The molecule has 1 spiro atoms. The summed E-state index contributed by atoms with van der Waals surface area (Å²) in [6, 6.07) is 23.6. The number of pyridine rings is 1. The molecule has 5 fully saturated rings. The van der Waals surface area contributed by atoms with E-state index in [0.717, 1.165) is 120 Å². The summed E-state index contributed by atoms with van der Waals surface area (Å²) < 4.78 is 0. The van der Waals surface area contributed by atoms with E-state index in [0.29, 0.717) is 30.0 Å². The molecular formula is C45H52N8O4. The Labute approximate surface area is 334 Å². The van der Waals surface area contributed by atoms with Gasteiger partial charge in [-0.1, -0.05) is 48.5 Å². The summed E-state index contributed by atoms with van der Waals surface area (Å²) in [5.74, 6) is 1.35. The van der Waals surface area contributed by atoms with Crippen LogP contribution < -0.4 is 15.1 Å².